The maximum atomic E-state index is 5.17. The Bertz CT molecular complexity index is 444. The Hall–Kier alpha value is -1.23. The van der Waals surface area contributed by atoms with Crippen molar-refractivity contribution in [3.8, 4) is 12.3 Å². The highest BCUT2D eigenvalue weighted by Gasteiger charge is 2.00. The van der Waals surface area contributed by atoms with Crippen LogP contribution in [0.2, 0.25) is 0 Å². The van der Waals surface area contributed by atoms with Gasteiger partial charge in [-0.3, -0.25) is 9.67 Å². The summed E-state index contributed by atoms with van der Waals surface area (Å²) in [7, 11) is 1.73. The van der Waals surface area contributed by atoms with Gasteiger partial charge in [-0.1, -0.05) is 5.92 Å². The number of hydrogen-bond acceptors (Lipinski definition) is 2. The van der Waals surface area contributed by atoms with Gasteiger partial charge in [0.2, 0.25) is 0 Å². The highest BCUT2D eigenvalue weighted by molar-refractivity contribution is 14.0. The lowest BCUT2D eigenvalue weighted by atomic mass is 10.4. The molecule has 0 radical (unpaired) electrons. The summed E-state index contributed by atoms with van der Waals surface area (Å²) in [5, 5.41) is 10.6. The summed E-state index contributed by atoms with van der Waals surface area (Å²) in [6.45, 7) is 6.30. The van der Waals surface area contributed by atoms with E-state index in [9.17, 15) is 0 Å². The topological polar surface area (TPSA) is 54.2 Å². The van der Waals surface area contributed by atoms with Crippen LogP contribution in [0, 0.1) is 26.2 Å². The molecule has 1 aromatic rings. The monoisotopic (exact) mass is 375 g/mol. The van der Waals surface area contributed by atoms with Crippen molar-refractivity contribution in [2.24, 2.45) is 4.99 Å². The zero-order valence-corrected chi connectivity index (χ0v) is 14.1. The van der Waals surface area contributed by atoms with Gasteiger partial charge in [0, 0.05) is 25.8 Å². The van der Waals surface area contributed by atoms with E-state index in [0.717, 1.165) is 31.2 Å². The van der Waals surface area contributed by atoms with Crippen LogP contribution in [0.15, 0.2) is 11.1 Å². The molecule has 0 spiro atoms. The summed E-state index contributed by atoms with van der Waals surface area (Å²) >= 11 is 0. The third-order valence-electron chi connectivity index (χ3n) is 2.52. The lowest BCUT2D eigenvalue weighted by molar-refractivity contribution is 0.555. The van der Waals surface area contributed by atoms with Gasteiger partial charge in [-0.15, -0.1) is 30.4 Å². The first-order valence-electron chi connectivity index (χ1n) is 6.06. The van der Waals surface area contributed by atoms with Gasteiger partial charge in [-0.2, -0.15) is 5.10 Å². The number of rotatable bonds is 5. The average molecular weight is 375 g/mol. The molecule has 0 unspecified atom stereocenters. The maximum absolute atomic E-state index is 5.17. The van der Waals surface area contributed by atoms with Gasteiger partial charge in [-0.25, -0.2) is 0 Å². The largest absolute Gasteiger partial charge is 0.356 e. The van der Waals surface area contributed by atoms with Gasteiger partial charge in [-0.05, 0) is 26.3 Å². The predicted octanol–water partition coefficient (Wildman–Crippen LogP) is 1.31. The van der Waals surface area contributed by atoms with Crippen LogP contribution in [-0.4, -0.2) is 35.9 Å². The molecule has 1 rings (SSSR count). The van der Waals surface area contributed by atoms with E-state index in [2.05, 4.69) is 39.6 Å². The van der Waals surface area contributed by atoms with E-state index in [1.807, 2.05) is 11.6 Å². The summed E-state index contributed by atoms with van der Waals surface area (Å²) in [6.07, 6.45) is 6.16. The van der Waals surface area contributed by atoms with Gasteiger partial charge in [0.25, 0.3) is 0 Å². The third kappa shape index (κ3) is 6.47. The number of guanidine groups is 1. The molecule has 1 aromatic heterocycles. The number of halogens is 1. The number of hydrogen-bond donors (Lipinski definition) is 2. The number of aryl methyl sites for hydroxylation is 3. The molecule has 0 aliphatic heterocycles. The molecule has 2 N–H and O–H groups in total. The SMILES string of the molecule is C#CCNC(=NC)NCCCn1nc(C)cc1C.I. The highest BCUT2D eigenvalue weighted by Crippen LogP contribution is 2.01. The lowest BCUT2D eigenvalue weighted by Crippen LogP contribution is -2.38. The lowest BCUT2D eigenvalue weighted by Gasteiger charge is -2.10. The summed E-state index contributed by atoms with van der Waals surface area (Å²) in [6, 6.07) is 2.08. The first-order chi connectivity index (χ1) is 8.67. The fourth-order valence-electron chi connectivity index (χ4n) is 1.69. The number of terminal acetylenes is 1. The molecule has 1 heterocycles. The molecule has 5 nitrogen and oxygen atoms in total. The Kier molecular flexibility index (Phi) is 9.04. The molecule has 6 heteroatoms. The third-order valence-corrected chi connectivity index (χ3v) is 2.52. The molecule has 0 saturated heterocycles. The van der Waals surface area contributed by atoms with Gasteiger partial charge < -0.3 is 10.6 Å². The van der Waals surface area contributed by atoms with Crippen LogP contribution >= 0.6 is 24.0 Å². The molecule has 0 atom stereocenters. The van der Waals surface area contributed by atoms with Crippen molar-refractivity contribution in [1.29, 1.82) is 0 Å². The molecule has 0 aliphatic rings. The van der Waals surface area contributed by atoms with Crippen molar-refractivity contribution in [1.82, 2.24) is 20.4 Å². The van der Waals surface area contributed by atoms with E-state index in [4.69, 9.17) is 6.42 Å². The fourth-order valence-corrected chi connectivity index (χ4v) is 1.69. The van der Waals surface area contributed by atoms with Crippen LogP contribution in [0.1, 0.15) is 17.8 Å². The first kappa shape index (κ1) is 17.8. The van der Waals surface area contributed by atoms with E-state index in [1.54, 1.807) is 7.05 Å². The molecule has 19 heavy (non-hydrogen) atoms. The molecule has 0 aliphatic carbocycles. The van der Waals surface area contributed by atoms with Crippen LogP contribution in [0.25, 0.3) is 0 Å². The van der Waals surface area contributed by atoms with Crippen molar-refractivity contribution in [3.63, 3.8) is 0 Å². The predicted molar refractivity (Wildman–Crippen MR) is 89.9 cm³/mol. The number of nitrogens with zero attached hydrogens (tertiary/aromatic N) is 3. The molecule has 0 saturated carbocycles. The Morgan fingerprint density at radius 1 is 1.47 bits per heavy atom. The summed E-state index contributed by atoms with van der Waals surface area (Å²) in [5.41, 5.74) is 2.26. The highest BCUT2D eigenvalue weighted by atomic mass is 127. The minimum atomic E-state index is 0. The normalized spacial score (nSPS) is 10.5. The van der Waals surface area contributed by atoms with E-state index in [1.165, 1.54) is 5.69 Å². The van der Waals surface area contributed by atoms with E-state index in [0.29, 0.717) is 6.54 Å². The quantitative estimate of drug-likeness (QED) is 0.268. The first-order valence-corrected chi connectivity index (χ1v) is 6.06. The van der Waals surface area contributed by atoms with E-state index >= 15 is 0 Å². The minimum absolute atomic E-state index is 0. The number of aromatic nitrogens is 2. The molecule has 0 bridgehead atoms. The molecule has 106 valence electrons. The average Bonchev–Trinajstić information content (AvgIpc) is 2.67. The van der Waals surface area contributed by atoms with Crippen molar-refractivity contribution in [2.75, 3.05) is 20.1 Å². The Balaban J connectivity index is 0.00000324. The van der Waals surface area contributed by atoms with Gasteiger partial charge in [0.1, 0.15) is 0 Å². The van der Waals surface area contributed by atoms with E-state index in [-0.39, 0.29) is 24.0 Å². The van der Waals surface area contributed by atoms with Crippen LogP contribution in [-0.2, 0) is 6.54 Å². The zero-order valence-electron chi connectivity index (χ0n) is 11.7. The smallest absolute Gasteiger partial charge is 0.191 e. The fraction of sp³-hybridized carbons (Fsp3) is 0.538. The second kappa shape index (κ2) is 9.67. The molecule has 0 aromatic carbocycles. The van der Waals surface area contributed by atoms with Gasteiger partial charge in [0.05, 0.1) is 12.2 Å². The second-order valence-electron chi connectivity index (χ2n) is 4.06. The molecule has 0 amide bonds. The zero-order chi connectivity index (χ0) is 13.4. The minimum Gasteiger partial charge on any atom is -0.356 e. The standard InChI is InChI=1S/C13H21N5.HI/c1-5-7-15-13(14-4)16-8-6-9-18-12(3)10-11(2)17-18;/h1,10H,6-9H2,2-4H3,(H2,14,15,16);1H. The molecular formula is C13H22IN5. The van der Waals surface area contributed by atoms with Crippen molar-refractivity contribution in [3.05, 3.63) is 17.5 Å². The Morgan fingerprint density at radius 3 is 2.74 bits per heavy atom. The van der Waals surface area contributed by atoms with Crippen LogP contribution < -0.4 is 10.6 Å². The molecular weight excluding hydrogens is 353 g/mol. The summed E-state index contributed by atoms with van der Waals surface area (Å²) < 4.78 is 2.02. The maximum Gasteiger partial charge on any atom is 0.191 e. The molecule has 0 fully saturated rings. The Morgan fingerprint density at radius 2 is 2.21 bits per heavy atom. The van der Waals surface area contributed by atoms with Crippen LogP contribution in [0.3, 0.4) is 0 Å². The van der Waals surface area contributed by atoms with Crippen molar-refractivity contribution in [2.45, 2.75) is 26.8 Å². The van der Waals surface area contributed by atoms with Crippen LogP contribution in [0.4, 0.5) is 0 Å². The van der Waals surface area contributed by atoms with E-state index < -0.39 is 0 Å². The number of aliphatic imine (C=N–C) groups is 1. The number of nitrogens with one attached hydrogen (secondary N) is 2. The van der Waals surface area contributed by atoms with Gasteiger partial charge >= 0.3 is 0 Å². The Labute approximate surface area is 132 Å². The summed E-state index contributed by atoms with van der Waals surface area (Å²) in [5.74, 6) is 3.25. The second-order valence-corrected chi connectivity index (χ2v) is 4.06. The summed E-state index contributed by atoms with van der Waals surface area (Å²) in [4.78, 5) is 4.07. The van der Waals surface area contributed by atoms with Crippen LogP contribution in [0.5, 0.6) is 0 Å². The van der Waals surface area contributed by atoms with Crippen molar-refractivity contribution < 1.29 is 0 Å². The van der Waals surface area contributed by atoms with Gasteiger partial charge in [0.15, 0.2) is 5.96 Å². The van der Waals surface area contributed by atoms with Crippen molar-refractivity contribution >= 4 is 29.9 Å².